The van der Waals surface area contributed by atoms with Crippen molar-refractivity contribution in [3.05, 3.63) is 53.9 Å². The fourth-order valence-corrected chi connectivity index (χ4v) is 4.17. The van der Waals surface area contributed by atoms with Crippen LogP contribution in [0.4, 0.5) is 0 Å². The van der Waals surface area contributed by atoms with Crippen LogP contribution in [0.15, 0.2) is 48.3 Å². The third-order valence-corrected chi connectivity index (χ3v) is 5.52. The summed E-state index contributed by atoms with van der Waals surface area (Å²) in [6, 6.07) is 7.87. The first-order chi connectivity index (χ1) is 11.7. The summed E-state index contributed by atoms with van der Waals surface area (Å²) in [6.45, 7) is 5.73. The molecule has 2 aromatic rings. The van der Waals surface area contributed by atoms with Crippen molar-refractivity contribution in [2.45, 2.75) is 25.0 Å². The van der Waals surface area contributed by atoms with Crippen LogP contribution in [0, 0.1) is 5.92 Å². The molecule has 3 fully saturated rings. The zero-order valence-corrected chi connectivity index (χ0v) is 13.9. The van der Waals surface area contributed by atoms with E-state index in [1.165, 1.54) is 5.57 Å². The van der Waals surface area contributed by atoms with E-state index in [1.54, 1.807) is 13.3 Å². The van der Waals surface area contributed by atoms with Crippen LogP contribution in [-0.4, -0.2) is 41.2 Å². The van der Waals surface area contributed by atoms with Crippen LogP contribution in [0.1, 0.15) is 24.5 Å². The van der Waals surface area contributed by atoms with Gasteiger partial charge in [-0.3, -0.25) is 9.88 Å². The molecule has 3 saturated heterocycles. The molecule has 1 unspecified atom stereocenters. The van der Waals surface area contributed by atoms with E-state index < -0.39 is 6.10 Å². The summed E-state index contributed by atoms with van der Waals surface area (Å²) < 4.78 is 5.34. The molecular weight excluding hydrogens is 300 g/mol. The molecular formula is C20H22N2O2. The van der Waals surface area contributed by atoms with Gasteiger partial charge in [0.1, 0.15) is 5.75 Å². The Kier molecular flexibility index (Phi) is 3.89. The monoisotopic (exact) mass is 322 g/mol. The van der Waals surface area contributed by atoms with Crippen molar-refractivity contribution in [1.29, 1.82) is 0 Å². The van der Waals surface area contributed by atoms with E-state index in [2.05, 4.69) is 22.2 Å². The molecule has 0 spiro atoms. The smallest absolute Gasteiger partial charge is 0.119 e. The van der Waals surface area contributed by atoms with E-state index in [-0.39, 0.29) is 6.04 Å². The first-order valence-electron chi connectivity index (χ1n) is 8.45. The van der Waals surface area contributed by atoms with Gasteiger partial charge in [0.15, 0.2) is 0 Å². The highest BCUT2D eigenvalue weighted by Gasteiger charge is 2.40. The summed E-state index contributed by atoms with van der Waals surface area (Å²) in [5, 5.41) is 12.1. The van der Waals surface area contributed by atoms with E-state index in [0.717, 1.165) is 48.1 Å². The van der Waals surface area contributed by atoms with Crippen molar-refractivity contribution in [1.82, 2.24) is 9.88 Å². The largest absolute Gasteiger partial charge is 0.497 e. The number of hydrogen-bond acceptors (Lipinski definition) is 4. The van der Waals surface area contributed by atoms with Crippen molar-refractivity contribution in [2.24, 2.45) is 5.92 Å². The summed E-state index contributed by atoms with van der Waals surface area (Å²) in [5.74, 6) is 1.29. The zero-order valence-electron chi connectivity index (χ0n) is 13.9. The van der Waals surface area contributed by atoms with Gasteiger partial charge in [0.2, 0.25) is 0 Å². The normalized spacial score (nSPS) is 27.1. The molecule has 4 nitrogen and oxygen atoms in total. The van der Waals surface area contributed by atoms with E-state index in [0.29, 0.717) is 5.92 Å². The van der Waals surface area contributed by atoms with Gasteiger partial charge in [0.05, 0.1) is 18.7 Å². The van der Waals surface area contributed by atoms with Gasteiger partial charge in [-0.2, -0.15) is 0 Å². The molecule has 0 aliphatic carbocycles. The zero-order chi connectivity index (χ0) is 16.7. The quantitative estimate of drug-likeness (QED) is 0.882. The molecule has 2 bridgehead atoms. The molecule has 0 radical (unpaired) electrons. The Morgan fingerprint density at radius 1 is 1.42 bits per heavy atom. The second-order valence-electron chi connectivity index (χ2n) is 6.69. The molecule has 1 N–H and O–H groups in total. The van der Waals surface area contributed by atoms with Gasteiger partial charge in [0, 0.05) is 24.2 Å². The first-order valence-corrected chi connectivity index (χ1v) is 8.45. The van der Waals surface area contributed by atoms with E-state index in [4.69, 9.17) is 4.74 Å². The number of benzene rings is 1. The number of rotatable bonds is 3. The minimum Gasteiger partial charge on any atom is -0.497 e. The molecule has 4 heteroatoms. The van der Waals surface area contributed by atoms with Crippen molar-refractivity contribution >= 4 is 10.9 Å². The van der Waals surface area contributed by atoms with Gasteiger partial charge < -0.3 is 9.84 Å². The topological polar surface area (TPSA) is 45.6 Å². The van der Waals surface area contributed by atoms with Crippen LogP contribution in [0.3, 0.4) is 0 Å². The number of aliphatic hydroxyl groups is 1. The van der Waals surface area contributed by atoms with Crippen LogP contribution >= 0.6 is 0 Å². The van der Waals surface area contributed by atoms with Crippen LogP contribution in [0.2, 0.25) is 0 Å². The summed E-state index contributed by atoms with van der Waals surface area (Å²) in [7, 11) is 1.66. The van der Waals surface area contributed by atoms with Crippen LogP contribution < -0.4 is 4.74 Å². The Bertz CT molecular complexity index is 825. The second kappa shape index (κ2) is 6.06. The summed E-state index contributed by atoms with van der Waals surface area (Å²) in [4.78, 5) is 6.78. The number of aromatic nitrogens is 1. The van der Waals surface area contributed by atoms with Crippen molar-refractivity contribution in [3.8, 4) is 5.75 Å². The van der Waals surface area contributed by atoms with Crippen LogP contribution in [0.25, 0.3) is 10.9 Å². The summed E-state index contributed by atoms with van der Waals surface area (Å²) in [6.07, 6.45) is 3.36. The highest BCUT2D eigenvalue weighted by atomic mass is 16.5. The van der Waals surface area contributed by atoms with Gasteiger partial charge in [-0.1, -0.05) is 6.58 Å². The number of fused-ring (bicyclic) bond motifs is 4. The lowest BCUT2D eigenvalue weighted by Crippen LogP contribution is -2.52. The fourth-order valence-electron chi connectivity index (χ4n) is 4.17. The maximum atomic E-state index is 11.1. The number of ether oxygens (including phenoxy) is 1. The average molecular weight is 322 g/mol. The van der Waals surface area contributed by atoms with Gasteiger partial charge in [0.25, 0.3) is 0 Å². The van der Waals surface area contributed by atoms with E-state index >= 15 is 0 Å². The lowest BCUT2D eigenvalue weighted by molar-refractivity contribution is -0.00318. The lowest BCUT2D eigenvalue weighted by atomic mass is 9.77. The molecule has 4 heterocycles. The first kappa shape index (κ1) is 15.4. The molecule has 24 heavy (non-hydrogen) atoms. The number of nitrogens with zero attached hydrogens (tertiary/aromatic N) is 2. The molecule has 3 aliphatic rings. The Balaban J connectivity index is 1.71. The molecule has 3 aliphatic heterocycles. The lowest BCUT2D eigenvalue weighted by Gasteiger charge is -2.48. The number of hydrogen-bond donors (Lipinski definition) is 1. The molecule has 124 valence electrons. The van der Waals surface area contributed by atoms with E-state index in [1.807, 2.05) is 24.3 Å². The molecule has 1 aromatic heterocycles. The SMILES string of the molecule is C=C=C1CN2CC[C@H]1C[C@@H]2[C@@H](O)c1ccnc2ccc(OC)cc12. The third kappa shape index (κ3) is 2.44. The van der Waals surface area contributed by atoms with E-state index in [9.17, 15) is 5.11 Å². The van der Waals surface area contributed by atoms with Crippen molar-refractivity contribution in [2.75, 3.05) is 20.2 Å². The fraction of sp³-hybridized carbons (Fsp3) is 0.400. The predicted octanol–water partition coefficient (Wildman–Crippen LogP) is 3.08. The minimum atomic E-state index is -0.531. The number of methoxy groups -OCH3 is 1. The van der Waals surface area contributed by atoms with Crippen molar-refractivity contribution in [3.63, 3.8) is 0 Å². The van der Waals surface area contributed by atoms with Gasteiger partial charge in [-0.15, -0.1) is 5.73 Å². The highest BCUT2D eigenvalue weighted by molar-refractivity contribution is 5.83. The number of piperidine rings is 3. The minimum absolute atomic E-state index is 0.137. The maximum absolute atomic E-state index is 11.1. The highest BCUT2D eigenvalue weighted by Crippen LogP contribution is 2.41. The second-order valence-corrected chi connectivity index (χ2v) is 6.69. The maximum Gasteiger partial charge on any atom is 0.119 e. The molecule has 1 aromatic carbocycles. The Morgan fingerprint density at radius 3 is 3.00 bits per heavy atom. The summed E-state index contributed by atoms with van der Waals surface area (Å²) in [5.41, 5.74) is 6.21. The average Bonchev–Trinajstić information content (AvgIpc) is 2.66. The van der Waals surface area contributed by atoms with Gasteiger partial charge >= 0.3 is 0 Å². The standard InChI is InChI=1S/C20H22N2O2/c1-3-13-12-22-9-7-14(13)10-19(22)20(23)16-6-8-21-18-5-4-15(24-2)11-17(16)18/h4-6,8,11,14,19-20,23H,1,7,9-10,12H2,2H3/t14-,19+,20-/m0/s1. The Hall–Kier alpha value is -2.13. The predicted molar refractivity (Wildman–Crippen MR) is 94.0 cm³/mol. The molecule has 4 atom stereocenters. The Labute approximate surface area is 142 Å². The van der Waals surface area contributed by atoms with Crippen LogP contribution in [0.5, 0.6) is 5.75 Å². The molecule has 0 saturated carbocycles. The van der Waals surface area contributed by atoms with Crippen molar-refractivity contribution < 1.29 is 9.84 Å². The number of pyridine rings is 1. The van der Waals surface area contributed by atoms with Gasteiger partial charge in [-0.25, -0.2) is 0 Å². The Morgan fingerprint density at radius 2 is 2.29 bits per heavy atom. The van der Waals surface area contributed by atoms with Crippen LogP contribution in [-0.2, 0) is 0 Å². The van der Waals surface area contributed by atoms with Gasteiger partial charge in [-0.05, 0) is 60.7 Å². The molecule has 5 rings (SSSR count). The number of aliphatic hydroxyl groups excluding tert-OH is 1. The molecule has 0 amide bonds. The summed E-state index contributed by atoms with van der Waals surface area (Å²) >= 11 is 0. The third-order valence-electron chi connectivity index (χ3n) is 5.52.